The molecule has 0 aromatic rings. The quantitative estimate of drug-likeness (QED) is 0.423. The number of halogens is 1. The predicted octanol–water partition coefficient (Wildman–Crippen LogP) is 1.78. The van der Waals surface area contributed by atoms with Crippen LogP contribution in [0.2, 0.25) is 0 Å². The molecule has 0 aromatic carbocycles. The molecular formula is C4H5Cl. The lowest BCUT2D eigenvalue weighted by Gasteiger charge is -1.69. The largest absolute Gasteiger partial charge is 0.0895 e. The molecule has 2 radical (unpaired) electrons. The first-order chi connectivity index (χ1) is 2.27. The molecule has 0 amide bonds. The average Bonchev–Trinajstić information content (AvgIpc) is 1.38. The summed E-state index contributed by atoms with van der Waals surface area (Å²) in [7, 11) is 0. The van der Waals surface area contributed by atoms with Crippen LogP contribution in [0.1, 0.15) is 0 Å². The monoisotopic (exact) mass is 88.0 g/mol. The van der Waals surface area contributed by atoms with Gasteiger partial charge in [-0.3, -0.25) is 0 Å². The standard InChI is InChI=1S/C4H5Cl/c1-3-4(2)5/h3H,1-2H2/b4-3+. The predicted molar refractivity (Wildman–Crippen MR) is 24.6 cm³/mol. The molecule has 0 spiro atoms. The van der Waals surface area contributed by atoms with Crippen LogP contribution in [-0.2, 0) is 0 Å². The van der Waals surface area contributed by atoms with Crippen molar-refractivity contribution in [3.8, 4) is 0 Å². The smallest absolute Gasteiger partial charge is 0.0144 e. The van der Waals surface area contributed by atoms with Gasteiger partial charge in [-0.05, 0) is 13.8 Å². The van der Waals surface area contributed by atoms with Crippen molar-refractivity contribution in [2.75, 3.05) is 0 Å². The van der Waals surface area contributed by atoms with Crippen molar-refractivity contribution in [2.24, 2.45) is 0 Å². The van der Waals surface area contributed by atoms with E-state index in [9.17, 15) is 0 Å². The first-order valence-electron chi connectivity index (χ1n) is 1.24. The maximum absolute atomic E-state index is 5.15. The topological polar surface area (TPSA) is 0 Å². The van der Waals surface area contributed by atoms with E-state index in [0.29, 0.717) is 5.03 Å². The molecule has 0 aromatic heterocycles. The second kappa shape index (κ2) is 2.28. The number of rotatable bonds is 0. The van der Waals surface area contributed by atoms with Gasteiger partial charge in [0.2, 0.25) is 0 Å². The molecule has 1 heteroatoms. The maximum Gasteiger partial charge on any atom is 0.0144 e. The highest BCUT2D eigenvalue weighted by Crippen LogP contribution is 1.92. The van der Waals surface area contributed by atoms with Crippen molar-refractivity contribution in [1.29, 1.82) is 0 Å². The molecule has 28 valence electrons. The zero-order chi connectivity index (χ0) is 4.28. The van der Waals surface area contributed by atoms with Gasteiger partial charge < -0.3 is 0 Å². The Morgan fingerprint density at radius 1 is 1.80 bits per heavy atom. The highest BCUT2D eigenvalue weighted by Gasteiger charge is 1.65. The van der Waals surface area contributed by atoms with E-state index in [4.69, 9.17) is 11.6 Å². The van der Waals surface area contributed by atoms with E-state index in [1.54, 1.807) is 0 Å². The van der Waals surface area contributed by atoms with Crippen LogP contribution in [-0.4, -0.2) is 0 Å². The van der Waals surface area contributed by atoms with Crippen molar-refractivity contribution < 1.29 is 0 Å². The summed E-state index contributed by atoms with van der Waals surface area (Å²) in [6.07, 6.45) is 1.49. The third-order valence-corrected chi connectivity index (χ3v) is 0.376. The molecule has 0 saturated heterocycles. The summed E-state index contributed by atoms with van der Waals surface area (Å²) < 4.78 is 0. The van der Waals surface area contributed by atoms with Gasteiger partial charge in [0.25, 0.3) is 0 Å². The minimum absolute atomic E-state index is 0.491. The van der Waals surface area contributed by atoms with Crippen molar-refractivity contribution in [2.45, 2.75) is 0 Å². The Kier molecular flexibility index (Phi) is 2.29. The molecule has 0 bridgehead atoms. The Morgan fingerprint density at radius 3 is 2.00 bits per heavy atom. The first-order valence-corrected chi connectivity index (χ1v) is 1.62. The van der Waals surface area contributed by atoms with Gasteiger partial charge in [-0.1, -0.05) is 17.7 Å². The molecule has 0 atom stereocenters. The SMILES string of the molecule is [CH2]/C=C(\[CH2])Cl. The fourth-order valence-electron chi connectivity index (χ4n) is 0. The van der Waals surface area contributed by atoms with Crippen LogP contribution in [0, 0.1) is 13.8 Å². The number of allylic oxidation sites excluding steroid dienone is 2. The minimum atomic E-state index is 0.491. The molecule has 0 N–H and O–H groups in total. The van der Waals surface area contributed by atoms with Gasteiger partial charge in [0.15, 0.2) is 0 Å². The third-order valence-electron chi connectivity index (χ3n) is 0.221. The van der Waals surface area contributed by atoms with Gasteiger partial charge >= 0.3 is 0 Å². The minimum Gasteiger partial charge on any atom is -0.0895 e. The zero-order valence-electron chi connectivity index (χ0n) is 2.87. The van der Waals surface area contributed by atoms with Crippen LogP contribution in [0.4, 0.5) is 0 Å². The molecular weight excluding hydrogens is 83.5 g/mol. The molecule has 0 unspecified atom stereocenters. The van der Waals surface area contributed by atoms with Gasteiger partial charge in [0.1, 0.15) is 0 Å². The summed E-state index contributed by atoms with van der Waals surface area (Å²) in [5.41, 5.74) is 0. The van der Waals surface area contributed by atoms with E-state index in [1.165, 1.54) is 6.08 Å². The molecule has 0 aliphatic rings. The van der Waals surface area contributed by atoms with Crippen LogP contribution in [0.25, 0.3) is 0 Å². The van der Waals surface area contributed by atoms with E-state index in [-0.39, 0.29) is 0 Å². The Balaban J connectivity index is 3.14. The summed E-state index contributed by atoms with van der Waals surface area (Å²) in [6.45, 7) is 6.65. The lowest BCUT2D eigenvalue weighted by molar-refractivity contribution is 1.92. The molecule has 0 aliphatic heterocycles. The lowest BCUT2D eigenvalue weighted by atomic mass is 10.6. The van der Waals surface area contributed by atoms with Crippen LogP contribution < -0.4 is 0 Å². The Morgan fingerprint density at radius 2 is 2.00 bits per heavy atom. The van der Waals surface area contributed by atoms with E-state index < -0.39 is 0 Å². The highest BCUT2D eigenvalue weighted by atomic mass is 35.5. The van der Waals surface area contributed by atoms with Crippen LogP contribution >= 0.6 is 11.6 Å². The van der Waals surface area contributed by atoms with Gasteiger partial charge in [-0.15, -0.1) is 0 Å². The van der Waals surface area contributed by atoms with Crippen LogP contribution in [0.3, 0.4) is 0 Å². The highest BCUT2D eigenvalue weighted by molar-refractivity contribution is 6.30. The van der Waals surface area contributed by atoms with Crippen molar-refractivity contribution in [1.82, 2.24) is 0 Å². The van der Waals surface area contributed by atoms with E-state index in [0.717, 1.165) is 0 Å². The molecule has 0 fully saturated rings. The molecule has 0 rings (SSSR count). The summed E-state index contributed by atoms with van der Waals surface area (Å²) in [4.78, 5) is 0. The molecule has 0 saturated carbocycles. The fourth-order valence-corrected chi connectivity index (χ4v) is 0. The van der Waals surface area contributed by atoms with Crippen molar-refractivity contribution >= 4 is 11.6 Å². The summed E-state index contributed by atoms with van der Waals surface area (Å²) in [5.74, 6) is 0. The lowest BCUT2D eigenvalue weighted by Crippen LogP contribution is -1.47. The molecule has 0 nitrogen and oxygen atoms in total. The molecule has 0 aliphatic carbocycles. The van der Waals surface area contributed by atoms with Crippen molar-refractivity contribution in [3.05, 3.63) is 25.0 Å². The summed E-state index contributed by atoms with van der Waals surface area (Å²) in [5, 5.41) is 0.491. The normalized spacial score (nSPS) is 12.2. The third kappa shape index (κ3) is 4.03. The van der Waals surface area contributed by atoms with Gasteiger partial charge in [-0.2, -0.15) is 0 Å². The molecule has 0 heterocycles. The van der Waals surface area contributed by atoms with Crippen LogP contribution in [0.5, 0.6) is 0 Å². The fraction of sp³-hybridized carbons (Fsp3) is 0. The average molecular weight is 88.5 g/mol. The Hall–Kier alpha value is 0.0300. The second-order valence-corrected chi connectivity index (χ2v) is 1.14. The summed E-state index contributed by atoms with van der Waals surface area (Å²) in [6, 6.07) is 0. The van der Waals surface area contributed by atoms with Gasteiger partial charge in [0.05, 0.1) is 0 Å². The van der Waals surface area contributed by atoms with Gasteiger partial charge in [0, 0.05) is 5.03 Å². The Labute approximate surface area is 37.4 Å². The van der Waals surface area contributed by atoms with Crippen LogP contribution in [0.15, 0.2) is 11.1 Å². The first kappa shape index (κ1) is 5.03. The number of hydrogen-bond acceptors (Lipinski definition) is 0. The van der Waals surface area contributed by atoms with E-state index >= 15 is 0 Å². The second-order valence-electron chi connectivity index (χ2n) is 0.651. The number of hydrogen-bond donors (Lipinski definition) is 0. The molecule has 5 heavy (non-hydrogen) atoms. The summed E-state index contributed by atoms with van der Waals surface area (Å²) >= 11 is 5.15. The van der Waals surface area contributed by atoms with E-state index in [2.05, 4.69) is 13.8 Å². The van der Waals surface area contributed by atoms with Gasteiger partial charge in [-0.25, -0.2) is 0 Å². The maximum atomic E-state index is 5.15. The Bertz CT molecular complexity index is 41.6. The zero-order valence-corrected chi connectivity index (χ0v) is 3.63. The van der Waals surface area contributed by atoms with E-state index in [1.807, 2.05) is 0 Å². The van der Waals surface area contributed by atoms with Crippen molar-refractivity contribution in [3.63, 3.8) is 0 Å².